The number of nitrogens with one attached hydrogen (secondary N) is 2. The van der Waals surface area contributed by atoms with Crippen molar-refractivity contribution in [2.45, 2.75) is 25.1 Å². The lowest BCUT2D eigenvalue weighted by Gasteiger charge is -2.11. The zero-order valence-corrected chi connectivity index (χ0v) is 15.0. The Bertz CT molecular complexity index is 618. The summed E-state index contributed by atoms with van der Waals surface area (Å²) >= 11 is 1.71. The van der Waals surface area contributed by atoms with Gasteiger partial charge in [-0.1, -0.05) is 5.92 Å². The smallest absolute Gasteiger partial charge is 0.274 e. The van der Waals surface area contributed by atoms with Crippen LogP contribution in [0.3, 0.4) is 0 Å². The number of nitrogens with zero attached hydrogens (tertiary/aromatic N) is 2. The van der Waals surface area contributed by atoms with Crippen molar-refractivity contribution >= 4 is 11.8 Å². The monoisotopic (exact) mass is 364 g/mol. The summed E-state index contributed by atoms with van der Waals surface area (Å²) < 4.78 is 5.86. The Morgan fingerprint density at radius 3 is 2.88 bits per heavy atom. The van der Waals surface area contributed by atoms with Crippen LogP contribution in [-0.2, 0) is 12.3 Å². The van der Waals surface area contributed by atoms with Gasteiger partial charge in [-0.05, 0) is 38.1 Å². The fraction of sp³-hybridized carbons (Fsp3) is 0.529. The van der Waals surface area contributed by atoms with E-state index in [1.165, 1.54) is 12.8 Å². The second-order valence-corrected chi connectivity index (χ2v) is 6.82. The van der Waals surface area contributed by atoms with E-state index in [0.29, 0.717) is 12.4 Å². The number of thioether (sulfide) groups is 1. The Morgan fingerprint density at radius 1 is 1.40 bits per heavy atom. The van der Waals surface area contributed by atoms with Gasteiger partial charge in [0.15, 0.2) is 5.82 Å². The number of nitro groups is 1. The van der Waals surface area contributed by atoms with Crippen molar-refractivity contribution in [1.82, 2.24) is 15.5 Å². The van der Waals surface area contributed by atoms with Crippen molar-refractivity contribution < 1.29 is 9.34 Å². The van der Waals surface area contributed by atoms with Crippen LogP contribution in [0.2, 0.25) is 0 Å². The van der Waals surface area contributed by atoms with E-state index in [4.69, 9.17) is 10.8 Å². The second-order valence-electron chi connectivity index (χ2n) is 5.72. The topological polar surface area (TPSA) is 83.6 Å². The molecule has 1 fully saturated rings. The molecule has 0 spiro atoms. The van der Waals surface area contributed by atoms with Crippen LogP contribution >= 0.6 is 11.8 Å². The molecule has 8 heteroatoms. The van der Waals surface area contributed by atoms with Crippen molar-refractivity contribution in [3.63, 3.8) is 0 Å². The minimum atomic E-state index is -0.510. The molecule has 0 saturated carbocycles. The summed E-state index contributed by atoms with van der Waals surface area (Å²) in [7, 11) is 0. The first-order valence-electron chi connectivity index (χ1n) is 8.31. The summed E-state index contributed by atoms with van der Waals surface area (Å²) in [5.41, 5.74) is 0. The predicted molar refractivity (Wildman–Crippen MR) is 99.3 cm³/mol. The molecule has 7 nitrogen and oxygen atoms in total. The molecule has 1 aromatic heterocycles. The van der Waals surface area contributed by atoms with E-state index in [1.54, 1.807) is 11.8 Å². The van der Waals surface area contributed by atoms with Crippen molar-refractivity contribution in [2.75, 3.05) is 31.9 Å². The second kappa shape index (κ2) is 10.7. The Hall–Kier alpha value is -2.11. The molecule has 2 heterocycles. The van der Waals surface area contributed by atoms with E-state index in [9.17, 15) is 10.1 Å². The van der Waals surface area contributed by atoms with Crippen LogP contribution in [0, 0.1) is 22.5 Å². The van der Waals surface area contributed by atoms with Crippen LogP contribution in [-0.4, -0.2) is 41.8 Å². The maximum absolute atomic E-state index is 10.5. The Labute approximate surface area is 152 Å². The molecule has 25 heavy (non-hydrogen) atoms. The lowest BCUT2D eigenvalue weighted by atomic mass is 10.4. The van der Waals surface area contributed by atoms with Gasteiger partial charge in [0, 0.05) is 12.3 Å². The number of terminal acetylenes is 1. The highest BCUT2D eigenvalue weighted by Crippen LogP contribution is 2.18. The van der Waals surface area contributed by atoms with Crippen LogP contribution < -0.4 is 10.6 Å². The zero-order valence-electron chi connectivity index (χ0n) is 14.2. The third-order valence-corrected chi connectivity index (χ3v) is 4.70. The highest BCUT2D eigenvalue weighted by Gasteiger charge is 2.13. The van der Waals surface area contributed by atoms with Crippen LogP contribution in [0.25, 0.3) is 0 Å². The molecule has 136 valence electrons. The quantitative estimate of drug-likeness (QED) is 0.269. The van der Waals surface area contributed by atoms with Gasteiger partial charge in [0.25, 0.3) is 6.20 Å². The fourth-order valence-corrected chi connectivity index (χ4v) is 3.33. The normalized spacial score (nSPS) is 15.1. The first-order valence-corrected chi connectivity index (χ1v) is 9.47. The maximum Gasteiger partial charge on any atom is 0.274 e. The molecule has 1 aliphatic rings. The van der Waals surface area contributed by atoms with Crippen molar-refractivity contribution in [1.29, 1.82) is 0 Å². The Kier molecular flexibility index (Phi) is 8.22. The molecule has 1 saturated heterocycles. The van der Waals surface area contributed by atoms with E-state index < -0.39 is 4.92 Å². The van der Waals surface area contributed by atoms with Gasteiger partial charge < -0.3 is 15.1 Å². The minimum Gasteiger partial charge on any atom is -0.464 e. The summed E-state index contributed by atoms with van der Waals surface area (Å²) in [6.45, 7) is 4.05. The van der Waals surface area contributed by atoms with E-state index in [0.717, 1.165) is 48.9 Å². The minimum absolute atomic E-state index is 0.242. The van der Waals surface area contributed by atoms with Crippen LogP contribution in [0.4, 0.5) is 0 Å². The highest BCUT2D eigenvalue weighted by molar-refractivity contribution is 7.98. The van der Waals surface area contributed by atoms with Crippen molar-refractivity contribution in [2.24, 2.45) is 0 Å². The molecular weight excluding hydrogens is 340 g/mol. The van der Waals surface area contributed by atoms with Gasteiger partial charge in [0.1, 0.15) is 11.5 Å². The van der Waals surface area contributed by atoms with Gasteiger partial charge in [0.05, 0.1) is 23.8 Å². The third-order valence-electron chi connectivity index (χ3n) is 3.72. The van der Waals surface area contributed by atoms with Crippen molar-refractivity contribution in [3.05, 3.63) is 45.8 Å². The number of hydrogen-bond acceptors (Lipinski definition) is 7. The summed E-state index contributed by atoms with van der Waals surface area (Å²) in [6, 6.07) is 4.08. The molecule has 0 unspecified atom stereocenters. The lowest BCUT2D eigenvalue weighted by Crippen LogP contribution is -2.29. The SMILES string of the molecule is C#CCN/C(=C/[N+](=O)[O-])NCCSCc1ccc(CN2CCCC2)o1. The van der Waals surface area contributed by atoms with E-state index in [-0.39, 0.29) is 6.54 Å². The molecule has 0 aliphatic carbocycles. The molecule has 1 aliphatic heterocycles. The van der Waals surface area contributed by atoms with E-state index in [1.807, 2.05) is 12.1 Å². The molecule has 1 aromatic rings. The van der Waals surface area contributed by atoms with Crippen molar-refractivity contribution in [3.8, 4) is 12.3 Å². The Morgan fingerprint density at radius 2 is 2.16 bits per heavy atom. The van der Waals surface area contributed by atoms with Gasteiger partial charge >= 0.3 is 0 Å². The van der Waals surface area contributed by atoms with E-state index in [2.05, 4.69) is 21.5 Å². The van der Waals surface area contributed by atoms with Crippen LogP contribution in [0.5, 0.6) is 0 Å². The van der Waals surface area contributed by atoms with E-state index >= 15 is 0 Å². The van der Waals surface area contributed by atoms with Crippen LogP contribution in [0.1, 0.15) is 24.4 Å². The first kappa shape index (κ1) is 19.2. The van der Waals surface area contributed by atoms with Crippen LogP contribution in [0.15, 0.2) is 28.6 Å². The molecule has 0 radical (unpaired) electrons. The largest absolute Gasteiger partial charge is 0.464 e. The average Bonchev–Trinajstić information content (AvgIpc) is 3.24. The molecule has 0 bridgehead atoms. The molecule has 0 amide bonds. The number of hydrogen-bond donors (Lipinski definition) is 2. The summed E-state index contributed by atoms with van der Waals surface area (Å²) in [4.78, 5) is 12.4. The molecule has 0 atom stereocenters. The van der Waals surface area contributed by atoms with Gasteiger partial charge in [-0.15, -0.1) is 6.42 Å². The maximum atomic E-state index is 10.5. The molecular formula is C17H24N4O3S. The van der Waals surface area contributed by atoms with Gasteiger partial charge in [0.2, 0.25) is 0 Å². The lowest BCUT2D eigenvalue weighted by molar-refractivity contribution is -0.404. The third kappa shape index (κ3) is 7.54. The number of likely N-dealkylation sites (tertiary alicyclic amines) is 1. The molecule has 0 aromatic carbocycles. The zero-order chi connectivity index (χ0) is 17.9. The summed E-state index contributed by atoms with van der Waals surface area (Å²) in [5, 5.41) is 16.3. The molecule has 2 rings (SSSR count). The average molecular weight is 364 g/mol. The fourth-order valence-electron chi connectivity index (χ4n) is 2.58. The summed E-state index contributed by atoms with van der Waals surface area (Å²) in [5.74, 6) is 6.28. The van der Waals surface area contributed by atoms with Gasteiger partial charge in [-0.25, -0.2) is 0 Å². The highest BCUT2D eigenvalue weighted by atomic mass is 32.2. The molecule has 2 N–H and O–H groups in total. The standard InChI is InChI=1S/C17H24N4O3S/c1-2-7-18-17(13-21(22)23)19-8-11-25-14-16-6-5-15(24-16)12-20-9-3-4-10-20/h1,5-6,13,18-19H,3-4,7-12,14H2/b17-13-. The van der Waals surface area contributed by atoms with Gasteiger partial charge in [-0.2, -0.15) is 11.8 Å². The Balaban J connectivity index is 1.64. The van der Waals surface area contributed by atoms with Gasteiger partial charge in [-0.3, -0.25) is 15.0 Å². The predicted octanol–water partition coefficient (Wildman–Crippen LogP) is 2.00. The number of furan rings is 1. The number of rotatable bonds is 11. The summed E-state index contributed by atoms with van der Waals surface area (Å²) in [6.07, 6.45) is 8.59. The first-order chi connectivity index (χ1) is 12.2.